The summed E-state index contributed by atoms with van der Waals surface area (Å²) in [6.45, 7) is 3.45. The van der Waals surface area contributed by atoms with E-state index in [2.05, 4.69) is 12.3 Å². The van der Waals surface area contributed by atoms with Crippen molar-refractivity contribution in [2.45, 2.75) is 25.4 Å². The van der Waals surface area contributed by atoms with E-state index in [9.17, 15) is 0 Å². The van der Waals surface area contributed by atoms with Crippen molar-refractivity contribution >= 4 is 0 Å². The molecule has 2 N–H and O–H groups in total. The Morgan fingerprint density at radius 1 is 1.50 bits per heavy atom. The highest BCUT2D eigenvalue weighted by Crippen LogP contribution is 2.00. The Labute approximate surface area is 61.5 Å². The summed E-state index contributed by atoms with van der Waals surface area (Å²) in [5.74, 6) is 0. The van der Waals surface area contributed by atoms with Crippen molar-refractivity contribution in [3.05, 3.63) is 18.4 Å². The number of hydrogen-bond acceptors (Lipinski definition) is 2. The fourth-order valence-electron chi connectivity index (χ4n) is 0.671. The van der Waals surface area contributed by atoms with Crippen molar-refractivity contribution in [2.75, 3.05) is 6.61 Å². The number of aliphatic hydroxyl groups excluding tert-OH is 2. The van der Waals surface area contributed by atoms with E-state index in [4.69, 9.17) is 10.2 Å². The van der Waals surface area contributed by atoms with E-state index in [1.54, 1.807) is 6.08 Å². The zero-order chi connectivity index (χ0) is 7.82. The molecule has 0 spiro atoms. The molecule has 0 rings (SSSR count). The molecule has 2 nitrogen and oxygen atoms in total. The third-order valence-electron chi connectivity index (χ3n) is 1.25. The van der Waals surface area contributed by atoms with Crippen LogP contribution < -0.4 is 0 Å². The minimum Gasteiger partial charge on any atom is -0.396 e. The minimum atomic E-state index is -0.380. The van der Waals surface area contributed by atoms with E-state index < -0.39 is 0 Å². The number of hydrogen-bond donors (Lipinski definition) is 2. The summed E-state index contributed by atoms with van der Waals surface area (Å²) < 4.78 is 0. The maximum absolute atomic E-state index is 9.05. The normalized spacial score (nSPS) is 12.2. The van der Waals surface area contributed by atoms with Crippen LogP contribution in [0, 0.1) is 0 Å². The largest absolute Gasteiger partial charge is 0.396 e. The van der Waals surface area contributed by atoms with E-state index >= 15 is 0 Å². The third-order valence-corrected chi connectivity index (χ3v) is 1.25. The van der Waals surface area contributed by atoms with Crippen LogP contribution in [0.2, 0.25) is 0 Å². The summed E-state index contributed by atoms with van der Waals surface area (Å²) >= 11 is 0. The first-order valence-electron chi connectivity index (χ1n) is 3.44. The predicted octanol–water partition coefficient (Wildman–Crippen LogP) is 0.851. The van der Waals surface area contributed by atoms with Crippen LogP contribution in [0.25, 0.3) is 0 Å². The lowest BCUT2D eigenvalue weighted by atomic mass is 10.1. The zero-order valence-electron chi connectivity index (χ0n) is 6.08. The summed E-state index contributed by atoms with van der Waals surface area (Å²) in [7, 11) is 0. The summed E-state index contributed by atoms with van der Waals surface area (Å²) in [6, 6.07) is 0. The van der Waals surface area contributed by atoms with Crippen molar-refractivity contribution in [3.8, 4) is 0 Å². The van der Waals surface area contributed by atoms with Crippen LogP contribution in [-0.4, -0.2) is 22.9 Å². The lowest BCUT2D eigenvalue weighted by Crippen LogP contribution is -2.07. The Kier molecular flexibility index (Phi) is 6.19. The molecule has 0 radical (unpaired) electrons. The van der Waals surface area contributed by atoms with Crippen LogP contribution in [0.4, 0.5) is 0 Å². The Hall–Kier alpha value is -0.560. The molecule has 58 valence electrons. The van der Waals surface area contributed by atoms with Gasteiger partial charge in [-0.1, -0.05) is 6.58 Å². The molecule has 0 amide bonds. The monoisotopic (exact) mass is 142 g/mol. The molecule has 0 fully saturated rings. The van der Waals surface area contributed by atoms with Gasteiger partial charge in [0.25, 0.3) is 0 Å². The second kappa shape index (κ2) is 6.56. The van der Waals surface area contributed by atoms with Crippen molar-refractivity contribution in [3.63, 3.8) is 0 Å². The van der Waals surface area contributed by atoms with E-state index in [1.807, 2.05) is 0 Å². The van der Waals surface area contributed by atoms with Crippen molar-refractivity contribution in [1.29, 1.82) is 0 Å². The number of allylic oxidation sites excluding steroid dienone is 1. The van der Waals surface area contributed by atoms with Crippen LogP contribution in [0.3, 0.4) is 0 Å². The molecule has 0 bridgehead atoms. The molecule has 0 aromatic heterocycles. The molecule has 0 heterocycles. The van der Waals surface area contributed by atoms with Gasteiger partial charge in [0.15, 0.2) is 0 Å². The minimum absolute atomic E-state index is 0.0545. The fraction of sp³-hybridized carbons (Fsp3) is 0.625. The van der Waals surface area contributed by atoms with Gasteiger partial charge in [-0.05, 0) is 25.3 Å². The molecular weight excluding hydrogens is 128 g/mol. The van der Waals surface area contributed by atoms with Crippen LogP contribution in [0.1, 0.15) is 19.3 Å². The van der Waals surface area contributed by atoms with Gasteiger partial charge in [-0.2, -0.15) is 0 Å². The molecular formula is C8H14O2. The number of aliphatic hydroxyl groups is 2. The summed E-state index contributed by atoms with van der Waals surface area (Å²) in [5, 5.41) is 17.4. The molecule has 0 aromatic carbocycles. The lowest BCUT2D eigenvalue weighted by molar-refractivity contribution is 0.126. The van der Waals surface area contributed by atoms with Crippen LogP contribution in [-0.2, 0) is 0 Å². The quantitative estimate of drug-likeness (QED) is 0.559. The molecule has 10 heavy (non-hydrogen) atoms. The average Bonchev–Trinajstić information content (AvgIpc) is 1.89. The fourth-order valence-corrected chi connectivity index (χ4v) is 0.671. The van der Waals surface area contributed by atoms with Crippen LogP contribution in [0.5, 0.6) is 0 Å². The lowest BCUT2D eigenvalue weighted by Gasteiger charge is -2.04. The molecule has 0 aromatic rings. The smallest absolute Gasteiger partial charge is 0.0565 e. The van der Waals surface area contributed by atoms with E-state index in [0.29, 0.717) is 12.8 Å². The molecule has 0 saturated heterocycles. The van der Waals surface area contributed by atoms with Gasteiger partial charge in [0.1, 0.15) is 0 Å². The van der Waals surface area contributed by atoms with Crippen molar-refractivity contribution < 1.29 is 10.2 Å². The first-order valence-corrected chi connectivity index (χ1v) is 3.44. The van der Waals surface area contributed by atoms with E-state index in [1.165, 1.54) is 0 Å². The molecule has 1 atom stereocenters. The standard InChI is InChI=1S/C8H14O2/c1-2-3-4-5-8(10)6-7-9/h3,8-10H,1,4-7H2/t8-/m0/s1. The van der Waals surface area contributed by atoms with Gasteiger partial charge in [0, 0.05) is 6.61 Å². The number of rotatable bonds is 5. The van der Waals surface area contributed by atoms with E-state index in [0.717, 1.165) is 6.42 Å². The van der Waals surface area contributed by atoms with Crippen LogP contribution in [0.15, 0.2) is 18.4 Å². The van der Waals surface area contributed by atoms with Gasteiger partial charge in [-0.3, -0.25) is 0 Å². The Bertz CT molecular complexity index is 114. The topological polar surface area (TPSA) is 40.5 Å². The van der Waals surface area contributed by atoms with Gasteiger partial charge >= 0.3 is 0 Å². The predicted molar refractivity (Wildman–Crippen MR) is 40.7 cm³/mol. The first-order chi connectivity index (χ1) is 4.81. The van der Waals surface area contributed by atoms with Gasteiger partial charge in [-0.15, -0.1) is 5.73 Å². The third kappa shape index (κ3) is 5.57. The highest BCUT2D eigenvalue weighted by Gasteiger charge is 1.99. The molecule has 0 saturated carbocycles. The molecule has 0 unspecified atom stereocenters. The van der Waals surface area contributed by atoms with Crippen molar-refractivity contribution in [1.82, 2.24) is 0 Å². The highest BCUT2D eigenvalue weighted by atomic mass is 16.3. The Balaban J connectivity index is 3.20. The molecule has 0 aliphatic carbocycles. The van der Waals surface area contributed by atoms with E-state index in [-0.39, 0.29) is 12.7 Å². The molecule has 0 aliphatic rings. The van der Waals surface area contributed by atoms with Crippen LogP contribution >= 0.6 is 0 Å². The van der Waals surface area contributed by atoms with Crippen molar-refractivity contribution in [2.24, 2.45) is 0 Å². The average molecular weight is 142 g/mol. The summed E-state index contributed by atoms with van der Waals surface area (Å²) in [6.07, 6.45) is 3.33. The highest BCUT2D eigenvalue weighted by molar-refractivity contribution is 4.76. The van der Waals surface area contributed by atoms with Gasteiger partial charge in [-0.25, -0.2) is 0 Å². The second-order valence-corrected chi connectivity index (χ2v) is 2.15. The zero-order valence-corrected chi connectivity index (χ0v) is 6.08. The SMILES string of the molecule is C=C=CCC[C@H](O)CCO. The van der Waals surface area contributed by atoms with Gasteiger partial charge < -0.3 is 10.2 Å². The maximum atomic E-state index is 9.05. The molecule has 2 heteroatoms. The molecule has 0 aliphatic heterocycles. The Morgan fingerprint density at radius 3 is 2.70 bits per heavy atom. The summed E-state index contributed by atoms with van der Waals surface area (Å²) in [4.78, 5) is 0. The van der Waals surface area contributed by atoms with Gasteiger partial charge in [0.2, 0.25) is 0 Å². The van der Waals surface area contributed by atoms with Gasteiger partial charge in [0.05, 0.1) is 6.10 Å². The Morgan fingerprint density at radius 2 is 2.20 bits per heavy atom. The first kappa shape index (κ1) is 9.44. The summed E-state index contributed by atoms with van der Waals surface area (Å²) in [5.41, 5.74) is 2.62. The maximum Gasteiger partial charge on any atom is 0.0565 e. The second-order valence-electron chi connectivity index (χ2n) is 2.15.